The Labute approximate surface area is 95.4 Å². The van der Waals surface area contributed by atoms with Crippen LogP contribution in [0.3, 0.4) is 0 Å². The lowest BCUT2D eigenvalue weighted by Crippen LogP contribution is -2.39. The van der Waals surface area contributed by atoms with Crippen LogP contribution in [-0.2, 0) is 0 Å². The van der Waals surface area contributed by atoms with Crippen LogP contribution >= 0.6 is 0 Å². The third-order valence-corrected chi connectivity index (χ3v) is 4.02. The lowest BCUT2D eigenvalue weighted by atomic mass is 9.88. The summed E-state index contributed by atoms with van der Waals surface area (Å²) in [6, 6.07) is 0.672. The molecule has 1 saturated heterocycles. The van der Waals surface area contributed by atoms with Gasteiger partial charge < -0.3 is 10.2 Å². The Bertz CT molecular complexity index is 170. The minimum absolute atomic E-state index is 0.672. The van der Waals surface area contributed by atoms with Crippen LogP contribution in [0.4, 0.5) is 0 Å². The van der Waals surface area contributed by atoms with Gasteiger partial charge in [0.25, 0.3) is 0 Å². The number of piperidine rings is 1. The third kappa shape index (κ3) is 4.52. The van der Waals surface area contributed by atoms with E-state index in [1.165, 1.54) is 38.9 Å². The molecule has 1 rings (SSSR count). The molecule has 3 unspecified atom stereocenters. The van der Waals surface area contributed by atoms with Gasteiger partial charge in [-0.1, -0.05) is 13.8 Å². The first-order valence-corrected chi connectivity index (χ1v) is 6.53. The van der Waals surface area contributed by atoms with E-state index in [2.05, 4.69) is 38.0 Å². The van der Waals surface area contributed by atoms with Gasteiger partial charge in [0.2, 0.25) is 0 Å². The minimum atomic E-state index is 0.672. The maximum Gasteiger partial charge on any atom is 0.00362 e. The van der Waals surface area contributed by atoms with Gasteiger partial charge >= 0.3 is 0 Å². The summed E-state index contributed by atoms with van der Waals surface area (Å²) in [5.74, 6) is 1.82. The number of rotatable bonds is 5. The Kier molecular flexibility index (Phi) is 5.62. The minimum Gasteiger partial charge on any atom is -0.317 e. The molecule has 0 spiro atoms. The van der Waals surface area contributed by atoms with Gasteiger partial charge in [-0.05, 0) is 58.2 Å². The molecule has 1 fully saturated rings. The summed E-state index contributed by atoms with van der Waals surface area (Å²) in [7, 11) is 2.05. The lowest BCUT2D eigenvalue weighted by molar-refractivity contribution is 0.136. The monoisotopic (exact) mass is 212 g/mol. The van der Waals surface area contributed by atoms with Crippen molar-refractivity contribution in [3.8, 4) is 0 Å². The maximum absolute atomic E-state index is 3.30. The quantitative estimate of drug-likeness (QED) is 0.752. The topological polar surface area (TPSA) is 15.3 Å². The van der Waals surface area contributed by atoms with E-state index in [9.17, 15) is 0 Å². The second-order valence-corrected chi connectivity index (χ2v) is 5.38. The Morgan fingerprint density at radius 2 is 2.07 bits per heavy atom. The van der Waals surface area contributed by atoms with Crippen LogP contribution in [0.1, 0.15) is 40.0 Å². The highest BCUT2D eigenvalue weighted by atomic mass is 15.1. The van der Waals surface area contributed by atoms with Crippen molar-refractivity contribution in [1.29, 1.82) is 0 Å². The van der Waals surface area contributed by atoms with Gasteiger partial charge in [0, 0.05) is 12.6 Å². The van der Waals surface area contributed by atoms with Crippen molar-refractivity contribution >= 4 is 0 Å². The second-order valence-electron chi connectivity index (χ2n) is 5.38. The largest absolute Gasteiger partial charge is 0.317 e. The van der Waals surface area contributed by atoms with Gasteiger partial charge in [0.05, 0.1) is 0 Å². The lowest BCUT2D eigenvalue weighted by Gasteiger charge is -2.35. The van der Waals surface area contributed by atoms with Crippen molar-refractivity contribution in [3.05, 3.63) is 0 Å². The molecule has 3 atom stereocenters. The maximum atomic E-state index is 3.30. The highest BCUT2D eigenvalue weighted by Crippen LogP contribution is 2.22. The molecule has 0 aliphatic carbocycles. The van der Waals surface area contributed by atoms with Crippen molar-refractivity contribution in [2.75, 3.05) is 26.7 Å². The molecular formula is C13H28N2. The van der Waals surface area contributed by atoms with Crippen LogP contribution in [0.5, 0.6) is 0 Å². The Hall–Kier alpha value is -0.0800. The van der Waals surface area contributed by atoms with E-state index >= 15 is 0 Å². The Morgan fingerprint density at radius 1 is 1.33 bits per heavy atom. The highest BCUT2D eigenvalue weighted by Gasteiger charge is 2.21. The standard InChI is InChI=1S/C13H28N2/c1-11-7-9-15(10-12(11)2)8-5-6-13(3)14-4/h11-14H,5-10H2,1-4H3. The van der Waals surface area contributed by atoms with Crippen LogP contribution in [0.15, 0.2) is 0 Å². The van der Waals surface area contributed by atoms with E-state index < -0.39 is 0 Å². The average molecular weight is 212 g/mol. The first kappa shape index (κ1) is 13.0. The number of hydrogen-bond donors (Lipinski definition) is 1. The smallest absolute Gasteiger partial charge is 0.00362 e. The summed E-state index contributed by atoms with van der Waals surface area (Å²) in [4.78, 5) is 2.65. The third-order valence-electron chi connectivity index (χ3n) is 4.02. The normalized spacial score (nSPS) is 30.4. The van der Waals surface area contributed by atoms with E-state index in [4.69, 9.17) is 0 Å². The number of nitrogens with one attached hydrogen (secondary N) is 1. The first-order chi connectivity index (χ1) is 7.13. The molecule has 0 aromatic carbocycles. The molecule has 1 N–H and O–H groups in total. The van der Waals surface area contributed by atoms with Crippen LogP contribution in [-0.4, -0.2) is 37.6 Å². The summed E-state index contributed by atoms with van der Waals surface area (Å²) in [5, 5.41) is 3.30. The van der Waals surface area contributed by atoms with E-state index in [0.717, 1.165) is 11.8 Å². The fraction of sp³-hybridized carbons (Fsp3) is 1.00. The van der Waals surface area contributed by atoms with Crippen LogP contribution < -0.4 is 5.32 Å². The van der Waals surface area contributed by atoms with Gasteiger partial charge in [-0.25, -0.2) is 0 Å². The summed E-state index contributed by atoms with van der Waals surface area (Å²) in [6.45, 7) is 11.0. The van der Waals surface area contributed by atoms with Gasteiger partial charge in [-0.2, -0.15) is 0 Å². The molecule has 0 saturated carbocycles. The molecule has 1 aliphatic rings. The molecule has 2 heteroatoms. The molecule has 0 aromatic rings. The summed E-state index contributed by atoms with van der Waals surface area (Å²) in [5.41, 5.74) is 0. The van der Waals surface area contributed by atoms with E-state index in [-0.39, 0.29) is 0 Å². The molecule has 1 heterocycles. The summed E-state index contributed by atoms with van der Waals surface area (Å²) in [6.07, 6.45) is 4.03. The van der Waals surface area contributed by atoms with Crippen molar-refractivity contribution in [1.82, 2.24) is 10.2 Å². The molecule has 90 valence electrons. The van der Waals surface area contributed by atoms with Gasteiger partial charge in [-0.3, -0.25) is 0 Å². The van der Waals surface area contributed by atoms with Gasteiger partial charge in [0.15, 0.2) is 0 Å². The Morgan fingerprint density at radius 3 is 2.67 bits per heavy atom. The SMILES string of the molecule is CNC(C)CCCN1CCC(C)C(C)C1. The molecule has 0 amide bonds. The van der Waals surface area contributed by atoms with Crippen molar-refractivity contribution in [3.63, 3.8) is 0 Å². The van der Waals surface area contributed by atoms with Crippen molar-refractivity contribution in [2.45, 2.75) is 46.1 Å². The molecule has 0 radical (unpaired) electrons. The van der Waals surface area contributed by atoms with Crippen LogP contribution in [0.2, 0.25) is 0 Å². The summed E-state index contributed by atoms with van der Waals surface area (Å²) < 4.78 is 0. The molecule has 15 heavy (non-hydrogen) atoms. The predicted octanol–water partition coefficient (Wildman–Crippen LogP) is 2.35. The van der Waals surface area contributed by atoms with Gasteiger partial charge in [-0.15, -0.1) is 0 Å². The summed E-state index contributed by atoms with van der Waals surface area (Å²) >= 11 is 0. The van der Waals surface area contributed by atoms with Crippen LogP contribution in [0, 0.1) is 11.8 Å². The van der Waals surface area contributed by atoms with E-state index in [1.807, 2.05) is 0 Å². The average Bonchev–Trinajstić information content (AvgIpc) is 2.23. The van der Waals surface area contributed by atoms with Crippen LogP contribution in [0.25, 0.3) is 0 Å². The first-order valence-electron chi connectivity index (χ1n) is 6.53. The zero-order chi connectivity index (χ0) is 11.3. The fourth-order valence-corrected chi connectivity index (χ4v) is 2.32. The molecule has 0 aromatic heterocycles. The number of nitrogens with zero attached hydrogens (tertiary/aromatic N) is 1. The molecule has 2 nitrogen and oxygen atoms in total. The predicted molar refractivity (Wildman–Crippen MR) is 67.1 cm³/mol. The number of likely N-dealkylation sites (tertiary alicyclic amines) is 1. The molecular weight excluding hydrogens is 184 g/mol. The zero-order valence-corrected chi connectivity index (χ0v) is 10.9. The zero-order valence-electron chi connectivity index (χ0n) is 10.9. The van der Waals surface area contributed by atoms with E-state index in [1.54, 1.807) is 0 Å². The molecule has 1 aliphatic heterocycles. The number of hydrogen-bond acceptors (Lipinski definition) is 2. The Balaban J connectivity index is 2.12. The second kappa shape index (κ2) is 6.49. The van der Waals surface area contributed by atoms with Gasteiger partial charge in [0.1, 0.15) is 0 Å². The van der Waals surface area contributed by atoms with E-state index in [0.29, 0.717) is 6.04 Å². The molecule has 0 bridgehead atoms. The highest BCUT2D eigenvalue weighted by molar-refractivity contribution is 4.75. The van der Waals surface area contributed by atoms with Crippen molar-refractivity contribution < 1.29 is 0 Å². The van der Waals surface area contributed by atoms with Crippen molar-refractivity contribution in [2.24, 2.45) is 11.8 Å². The fourth-order valence-electron chi connectivity index (χ4n) is 2.32.